The summed E-state index contributed by atoms with van der Waals surface area (Å²) in [4.78, 5) is 35.6. The molecule has 0 aromatic heterocycles. The number of carbonyl (C=O) groups is 2. The molecule has 77 heavy (non-hydrogen) atoms. The second-order valence-electron chi connectivity index (χ2n) is 20.6. The largest absolute Gasteiger partial charge is 0.472 e. The first-order chi connectivity index (χ1) is 37.5. The number of likely N-dealkylation sites (N-methyl/N-ethyl adjacent to an activating group) is 1. The summed E-state index contributed by atoms with van der Waals surface area (Å²) < 4.78 is 34.5. The minimum Gasteiger partial charge on any atom is -0.462 e. The van der Waals surface area contributed by atoms with Gasteiger partial charge in [-0.05, 0) is 122 Å². The van der Waals surface area contributed by atoms with Gasteiger partial charge in [0.2, 0.25) is 0 Å². The van der Waals surface area contributed by atoms with Crippen LogP contribution in [0.4, 0.5) is 0 Å². The number of phosphoric ester groups is 1. The molecule has 2 unspecified atom stereocenters. The SMILES string of the molecule is CC/C=C\C/C=C\C/C=C\C/C=C\C/C=C\C/C=C\C/C=C\C/C=C\C/C=C\C/C=C\C/C=C\CCCCCC(=O)OC(COC(=O)CCCCCCC/C=C\CCCCCCCCC)COP(=O)(O)OCC[N+](C)(C)C. The summed E-state index contributed by atoms with van der Waals surface area (Å²) >= 11 is 0. The van der Waals surface area contributed by atoms with E-state index in [1.54, 1.807) is 0 Å². The van der Waals surface area contributed by atoms with Crippen molar-refractivity contribution in [2.24, 2.45) is 0 Å². The molecule has 0 spiro atoms. The van der Waals surface area contributed by atoms with Crippen LogP contribution in [0.15, 0.2) is 146 Å². The van der Waals surface area contributed by atoms with Crippen LogP contribution >= 0.6 is 7.82 Å². The molecular formula is C67H111NO8P+. The first-order valence-corrected chi connectivity index (χ1v) is 31.6. The maximum atomic E-state index is 12.8. The predicted molar refractivity (Wildman–Crippen MR) is 330 cm³/mol. The predicted octanol–water partition coefficient (Wildman–Crippen LogP) is 19.1. The van der Waals surface area contributed by atoms with Crippen LogP contribution in [0, 0.1) is 0 Å². The average molecular weight is 1090 g/mol. The van der Waals surface area contributed by atoms with Crippen molar-refractivity contribution in [3.63, 3.8) is 0 Å². The second-order valence-corrected chi connectivity index (χ2v) is 22.1. The van der Waals surface area contributed by atoms with Gasteiger partial charge in [0.1, 0.15) is 19.8 Å². The maximum Gasteiger partial charge on any atom is 0.472 e. The minimum atomic E-state index is -4.41. The van der Waals surface area contributed by atoms with E-state index in [9.17, 15) is 19.0 Å². The van der Waals surface area contributed by atoms with E-state index in [1.807, 2.05) is 21.1 Å². The zero-order valence-electron chi connectivity index (χ0n) is 49.4. The Labute approximate surface area is 472 Å². The van der Waals surface area contributed by atoms with Crippen molar-refractivity contribution in [3.05, 3.63) is 146 Å². The Kier molecular flexibility index (Phi) is 53.6. The highest BCUT2D eigenvalue weighted by Crippen LogP contribution is 2.43. The number of quaternary nitrogens is 1. The molecule has 0 aliphatic rings. The van der Waals surface area contributed by atoms with E-state index in [4.69, 9.17) is 18.5 Å². The van der Waals surface area contributed by atoms with Gasteiger partial charge in [0.15, 0.2) is 6.10 Å². The van der Waals surface area contributed by atoms with Gasteiger partial charge >= 0.3 is 19.8 Å². The Morgan fingerprint density at radius 2 is 0.740 bits per heavy atom. The van der Waals surface area contributed by atoms with Gasteiger partial charge in [-0.15, -0.1) is 0 Å². The fraction of sp³-hybridized carbons (Fsp3) is 0.612. The van der Waals surface area contributed by atoms with Gasteiger partial charge in [-0.25, -0.2) is 4.57 Å². The molecule has 0 aromatic carbocycles. The molecule has 0 saturated carbocycles. The third kappa shape index (κ3) is 61.0. The molecule has 0 bridgehead atoms. The summed E-state index contributed by atoms with van der Waals surface area (Å²) in [5.74, 6) is -0.856. The van der Waals surface area contributed by atoms with Gasteiger partial charge in [-0.3, -0.25) is 18.6 Å². The number of esters is 2. The van der Waals surface area contributed by atoms with Crippen LogP contribution in [-0.4, -0.2) is 74.9 Å². The zero-order valence-corrected chi connectivity index (χ0v) is 50.3. The molecule has 2 atom stereocenters. The quantitative estimate of drug-likeness (QED) is 0.0211. The van der Waals surface area contributed by atoms with Crippen molar-refractivity contribution in [3.8, 4) is 0 Å². The fourth-order valence-electron chi connectivity index (χ4n) is 7.48. The lowest BCUT2D eigenvalue weighted by Gasteiger charge is -2.24. The van der Waals surface area contributed by atoms with Crippen molar-refractivity contribution in [1.82, 2.24) is 0 Å². The van der Waals surface area contributed by atoms with Gasteiger partial charge < -0.3 is 18.9 Å². The summed E-state index contributed by atoms with van der Waals surface area (Å²) in [5.41, 5.74) is 0. The Balaban J connectivity index is 4.25. The molecule has 0 heterocycles. The number of unbranched alkanes of at least 4 members (excludes halogenated alkanes) is 15. The first-order valence-electron chi connectivity index (χ1n) is 30.1. The van der Waals surface area contributed by atoms with Gasteiger partial charge in [0.25, 0.3) is 0 Å². The van der Waals surface area contributed by atoms with Crippen LogP contribution in [-0.2, 0) is 32.7 Å². The fourth-order valence-corrected chi connectivity index (χ4v) is 8.23. The van der Waals surface area contributed by atoms with Crippen LogP contribution < -0.4 is 0 Å². The van der Waals surface area contributed by atoms with Crippen molar-refractivity contribution >= 4 is 19.8 Å². The van der Waals surface area contributed by atoms with Gasteiger partial charge in [0.05, 0.1) is 27.7 Å². The number of ether oxygens (including phenoxy) is 2. The molecule has 10 heteroatoms. The first kappa shape index (κ1) is 72.9. The van der Waals surface area contributed by atoms with E-state index >= 15 is 0 Å². The molecule has 0 amide bonds. The standard InChI is InChI=1S/C67H110NO8P/c1-6-8-10-12-14-16-18-20-22-24-25-26-27-28-29-30-31-32-33-34-35-36-37-38-39-40-41-42-43-44-46-48-50-52-54-56-58-60-67(70)76-65(64-75-77(71,72)74-62-61-68(3,4)5)63-73-66(69)59-57-55-53-51-49-47-45-23-21-19-17-15-13-11-9-7-2/h8,10,14,16,20,22-23,25-26,28-29,31-32,34-35,37-38,40-41,43-45,48,50,65H,6-7,9,11-13,15,17-19,21,24,27,30,33,36,39,42,46-47,49,51-64H2,1-5H3/p+1/b10-8-,16-14-,22-20-,26-25-,29-28-,32-31-,35-34-,38-37-,41-40-,44-43-,45-23-,50-48-. The number of nitrogens with zero attached hydrogens (tertiary/aromatic N) is 1. The molecular weight excluding hydrogens is 978 g/mol. The Morgan fingerprint density at radius 3 is 1.13 bits per heavy atom. The van der Waals surface area contributed by atoms with E-state index in [0.717, 1.165) is 128 Å². The highest BCUT2D eigenvalue weighted by molar-refractivity contribution is 7.47. The molecule has 0 saturated heterocycles. The summed E-state index contributed by atoms with van der Waals surface area (Å²) in [6.45, 7) is 4.24. The maximum absolute atomic E-state index is 12.8. The number of hydrogen-bond donors (Lipinski definition) is 1. The van der Waals surface area contributed by atoms with Gasteiger partial charge in [0, 0.05) is 12.8 Å². The minimum absolute atomic E-state index is 0.0159. The van der Waals surface area contributed by atoms with E-state index in [-0.39, 0.29) is 26.1 Å². The third-order valence-electron chi connectivity index (χ3n) is 12.1. The molecule has 0 rings (SSSR count). The van der Waals surface area contributed by atoms with Crippen molar-refractivity contribution < 1.29 is 42.1 Å². The monoisotopic (exact) mass is 1090 g/mol. The normalized spacial score (nSPS) is 14.3. The summed E-state index contributed by atoms with van der Waals surface area (Å²) in [6, 6.07) is 0. The summed E-state index contributed by atoms with van der Waals surface area (Å²) in [5, 5.41) is 0. The van der Waals surface area contributed by atoms with E-state index < -0.39 is 32.5 Å². The Hall–Kier alpha value is -4.11. The molecule has 0 aliphatic heterocycles. The smallest absolute Gasteiger partial charge is 0.462 e. The van der Waals surface area contributed by atoms with E-state index in [2.05, 4.69) is 160 Å². The topological polar surface area (TPSA) is 108 Å². The van der Waals surface area contributed by atoms with Crippen molar-refractivity contribution in [2.75, 3.05) is 47.5 Å². The number of hydrogen-bond acceptors (Lipinski definition) is 7. The molecule has 0 aromatic rings. The molecule has 0 radical (unpaired) electrons. The lowest BCUT2D eigenvalue weighted by molar-refractivity contribution is -0.870. The molecule has 0 fully saturated rings. The molecule has 0 aliphatic carbocycles. The summed E-state index contributed by atoms with van der Waals surface area (Å²) in [7, 11) is 1.43. The Morgan fingerprint density at radius 1 is 0.416 bits per heavy atom. The van der Waals surface area contributed by atoms with Crippen LogP contribution in [0.25, 0.3) is 0 Å². The molecule has 1 N–H and O–H groups in total. The number of phosphoric acid groups is 1. The highest BCUT2D eigenvalue weighted by Gasteiger charge is 2.27. The van der Waals surface area contributed by atoms with Gasteiger partial charge in [-0.2, -0.15) is 0 Å². The van der Waals surface area contributed by atoms with Crippen LogP contribution in [0.1, 0.15) is 213 Å². The van der Waals surface area contributed by atoms with Gasteiger partial charge in [-0.1, -0.05) is 224 Å². The lowest BCUT2D eigenvalue weighted by Crippen LogP contribution is -2.37. The molecule has 9 nitrogen and oxygen atoms in total. The number of allylic oxidation sites excluding steroid dienone is 24. The Bertz CT molecular complexity index is 1810. The average Bonchev–Trinajstić information content (AvgIpc) is 3.39. The highest BCUT2D eigenvalue weighted by atomic mass is 31.2. The van der Waals surface area contributed by atoms with Crippen LogP contribution in [0.2, 0.25) is 0 Å². The van der Waals surface area contributed by atoms with Crippen LogP contribution in [0.3, 0.4) is 0 Å². The second kappa shape index (κ2) is 56.6. The van der Waals surface area contributed by atoms with E-state index in [0.29, 0.717) is 17.4 Å². The third-order valence-corrected chi connectivity index (χ3v) is 13.1. The zero-order chi connectivity index (χ0) is 56.3. The number of carbonyl (C=O) groups excluding carboxylic acids is 2. The van der Waals surface area contributed by atoms with Crippen LogP contribution in [0.5, 0.6) is 0 Å². The molecule has 436 valence electrons. The lowest BCUT2D eigenvalue weighted by atomic mass is 10.1. The van der Waals surface area contributed by atoms with Crippen molar-refractivity contribution in [1.29, 1.82) is 0 Å². The number of rotatable bonds is 53. The van der Waals surface area contributed by atoms with Crippen molar-refractivity contribution in [2.45, 2.75) is 219 Å². The summed E-state index contributed by atoms with van der Waals surface area (Å²) in [6.07, 6.45) is 83.5. The van der Waals surface area contributed by atoms with E-state index in [1.165, 1.54) is 51.4 Å².